The number of aliphatic hydroxyl groups is 2. The second-order valence-electron chi connectivity index (χ2n) is 10.3. The zero-order chi connectivity index (χ0) is 22.1. The van der Waals surface area contributed by atoms with Crippen molar-refractivity contribution >= 4 is 0 Å². The first-order valence-electron chi connectivity index (χ1n) is 11.7. The van der Waals surface area contributed by atoms with Crippen molar-refractivity contribution in [3.05, 3.63) is 52.3 Å². The van der Waals surface area contributed by atoms with Crippen molar-refractivity contribution in [2.24, 2.45) is 17.8 Å². The molecule has 3 heteroatoms. The van der Waals surface area contributed by atoms with Crippen LogP contribution in [0.1, 0.15) is 77.0 Å². The molecule has 0 saturated carbocycles. The molecule has 3 rings (SSSR count). The Bertz CT molecular complexity index is 816. The first-order chi connectivity index (χ1) is 14.1. The van der Waals surface area contributed by atoms with Crippen LogP contribution in [0.2, 0.25) is 0 Å². The van der Waals surface area contributed by atoms with E-state index in [2.05, 4.69) is 59.8 Å². The minimum atomic E-state index is -0.587. The van der Waals surface area contributed by atoms with Crippen LogP contribution >= 0.6 is 0 Å². The molecule has 0 bridgehead atoms. The van der Waals surface area contributed by atoms with Gasteiger partial charge in [0, 0.05) is 5.92 Å². The van der Waals surface area contributed by atoms with Crippen molar-refractivity contribution in [1.29, 1.82) is 0 Å². The molecule has 3 unspecified atom stereocenters. The summed E-state index contributed by atoms with van der Waals surface area (Å²) in [6, 6.07) is 4.33. The van der Waals surface area contributed by atoms with Crippen LogP contribution in [0, 0.1) is 24.7 Å². The van der Waals surface area contributed by atoms with Gasteiger partial charge in [0.25, 0.3) is 0 Å². The summed E-state index contributed by atoms with van der Waals surface area (Å²) in [7, 11) is 0. The van der Waals surface area contributed by atoms with Crippen LogP contribution in [0.5, 0.6) is 5.75 Å². The molecule has 1 heterocycles. The van der Waals surface area contributed by atoms with E-state index in [0.717, 1.165) is 49.8 Å². The molecule has 0 saturated heterocycles. The van der Waals surface area contributed by atoms with E-state index in [1.54, 1.807) is 6.08 Å². The zero-order valence-electron chi connectivity index (χ0n) is 19.7. The van der Waals surface area contributed by atoms with Crippen molar-refractivity contribution in [2.45, 2.75) is 91.8 Å². The molecule has 1 aliphatic carbocycles. The lowest BCUT2D eigenvalue weighted by atomic mass is 9.79. The molecule has 1 aromatic rings. The topological polar surface area (TPSA) is 49.7 Å². The molecule has 0 fully saturated rings. The highest BCUT2D eigenvalue weighted by Gasteiger charge is 2.30. The van der Waals surface area contributed by atoms with E-state index in [9.17, 15) is 10.2 Å². The molecule has 1 aliphatic heterocycles. The molecule has 2 aliphatic rings. The number of allylic oxidation sites excluding steroid dienone is 1. The minimum Gasteiger partial charge on any atom is -0.508 e. The van der Waals surface area contributed by atoms with Gasteiger partial charge in [-0.1, -0.05) is 39.3 Å². The lowest BCUT2D eigenvalue weighted by Gasteiger charge is -2.34. The molecule has 3 nitrogen and oxygen atoms in total. The van der Waals surface area contributed by atoms with E-state index in [4.69, 9.17) is 4.74 Å². The summed E-state index contributed by atoms with van der Waals surface area (Å²) >= 11 is 0. The van der Waals surface area contributed by atoms with Gasteiger partial charge in [-0.15, -0.1) is 0 Å². The predicted octanol–water partition coefficient (Wildman–Crippen LogP) is 6.46. The maximum Gasteiger partial charge on any atom is 0.123 e. The Morgan fingerprint density at radius 1 is 1.20 bits per heavy atom. The molecule has 0 spiro atoms. The number of hydrogen-bond acceptors (Lipinski definition) is 3. The third-order valence-corrected chi connectivity index (χ3v) is 6.96. The third kappa shape index (κ3) is 5.11. The second-order valence-corrected chi connectivity index (χ2v) is 10.3. The molecular formula is C27H40O3. The van der Waals surface area contributed by atoms with Crippen LogP contribution in [-0.2, 0) is 12.8 Å². The smallest absolute Gasteiger partial charge is 0.123 e. The van der Waals surface area contributed by atoms with Gasteiger partial charge in [-0.25, -0.2) is 0 Å². The van der Waals surface area contributed by atoms with Crippen LogP contribution in [0.4, 0.5) is 0 Å². The standard InChI is InChI=1S/C27H40O3/c1-7-19(23-15-21(9-8-17(2)3)24(28)16-25(23)29)14-20-10-11-26-22(18(20)4)12-13-27(5,6)30-26/h10-11,15-17,19,21,24,28-29H,7-9,12-14H2,1-6H3. The summed E-state index contributed by atoms with van der Waals surface area (Å²) in [5, 5.41) is 21.1. The number of rotatable bonds is 7. The number of hydrogen-bond donors (Lipinski definition) is 2. The van der Waals surface area contributed by atoms with E-state index < -0.39 is 6.10 Å². The monoisotopic (exact) mass is 412 g/mol. The fraction of sp³-hybridized carbons (Fsp3) is 0.630. The Morgan fingerprint density at radius 2 is 1.93 bits per heavy atom. The molecule has 3 atom stereocenters. The van der Waals surface area contributed by atoms with Crippen LogP contribution in [0.3, 0.4) is 0 Å². The molecule has 30 heavy (non-hydrogen) atoms. The summed E-state index contributed by atoms with van der Waals surface area (Å²) in [5.41, 5.74) is 4.91. The Labute approximate surface area is 182 Å². The highest BCUT2D eigenvalue weighted by Crippen LogP contribution is 2.38. The summed E-state index contributed by atoms with van der Waals surface area (Å²) in [4.78, 5) is 0. The first-order valence-corrected chi connectivity index (χ1v) is 11.7. The van der Waals surface area contributed by atoms with Crippen LogP contribution in [-0.4, -0.2) is 21.9 Å². The second kappa shape index (κ2) is 9.18. The number of ether oxygens (including phenoxy) is 1. The van der Waals surface area contributed by atoms with Gasteiger partial charge in [-0.05, 0) is 99.1 Å². The lowest BCUT2D eigenvalue weighted by Crippen LogP contribution is -2.33. The van der Waals surface area contributed by atoms with Gasteiger partial charge in [0.1, 0.15) is 17.1 Å². The van der Waals surface area contributed by atoms with Gasteiger partial charge >= 0.3 is 0 Å². The highest BCUT2D eigenvalue weighted by atomic mass is 16.5. The van der Waals surface area contributed by atoms with Crippen molar-refractivity contribution in [3.63, 3.8) is 0 Å². The maximum atomic E-state index is 10.6. The van der Waals surface area contributed by atoms with Crippen LogP contribution in [0.25, 0.3) is 0 Å². The zero-order valence-corrected chi connectivity index (χ0v) is 19.7. The van der Waals surface area contributed by atoms with E-state index in [1.165, 1.54) is 16.7 Å². The van der Waals surface area contributed by atoms with E-state index in [-0.39, 0.29) is 23.2 Å². The summed E-state index contributed by atoms with van der Waals surface area (Å²) in [6.07, 6.45) is 9.18. The average Bonchev–Trinajstić information content (AvgIpc) is 2.66. The quantitative estimate of drug-likeness (QED) is 0.540. The molecule has 0 aromatic heterocycles. The summed E-state index contributed by atoms with van der Waals surface area (Å²) in [6.45, 7) is 13.1. The molecule has 2 N–H and O–H groups in total. The van der Waals surface area contributed by atoms with Gasteiger partial charge in [-0.2, -0.15) is 0 Å². The number of aliphatic hydroxyl groups excluding tert-OH is 2. The van der Waals surface area contributed by atoms with Gasteiger partial charge in [0.2, 0.25) is 0 Å². The number of benzene rings is 1. The Morgan fingerprint density at radius 3 is 2.60 bits per heavy atom. The Balaban J connectivity index is 1.83. The minimum absolute atomic E-state index is 0.0904. The molecule has 1 aromatic carbocycles. The number of fused-ring (bicyclic) bond motifs is 1. The highest BCUT2D eigenvalue weighted by molar-refractivity contribution is 5.47. The van der Waals surface area contributed by atoms with Gasteiger partial charge < -0.3 is 14.9 Å². The van der Waals surface area contributed by atoms with E-state index in [1.807, 2.05) is 0 Å². The summed E-state index contributed by atoms with van der Waals surface area (Å²) in [5.74, 6) is 2.23. The first kappa shape index (κ1) is 22.9. The van der Waals surface area contributed by atoms with E-state index in [0.29, 0.717) is 5.92 Å². The van der Waals surface area contributed by atoms with Crippen molar-refractivity contribution in [2.75, 3.05) is 0 Å². The SMILES string of the molecule is CCC(Cc1ccc2c(c1C)CCC(C)(C)O2)C1=CC(CCC(C)C)C(O)C=C1O. The lowest BCUT2D eigenvalue weighted by molar-refractivity contribution is 0.0844. The molecule has 166 valence electrons. The van der Waals surface area contributed by atoms with Crippen LogP contribution in [0.15, 0.2) is 35.6 Å². The average molecular weight is 413 g/mol. The Hall–Kier alpha value is -1.74. The van der Waals surface area contributed by atoms with Gasteiger partial charge in [0.15, 0.2) is 0 Å². The summed E-state index contributed by atoms with van der Waals surface area (Å²) < 4.78 is 6.20. The third-order valence-electron chi connectivity index (χ3n) is 6.96. The van der Waals surface area contributed by atoms with Crippen molar-refractivity contribution in [3.8, 4) is 5.75 Å². The van der Waals surface area contributed by atoms with Gasteiger partial charge in [-0.3, -0.25) is 0 Å². The normalized spacial score (nSPS) is 24.0. The van der Waals surface area contributed by atoms with E-state index >= 15 is 0 Å². The fourth-order valence-electron chi connectivity index (χ4n) is 4.84. The van der Waals surface area contributed by atoms with Crippen molar-refractivity contribution in [1.82, 2.24) is 0 Å². The molecular weight excluding hydrogens is 372 g/mol. The Kier molecular flexibility index (Phi) is 7.02. The molecule has 0 amide bonds. The predicted molar refractivity (Wildman–Crippen MR) is 124 cm³/mol. The van der Waals surface area contributed by atoms with Gasteiger partial charge in [0.05, 0.1) is 6.10 Å². The maximum absolute atomic E-state index is 10.6. The van der Waals surface area contributed by atoms with Crippen molar-refractivity contribution < 1.29 is 14.9 Å². The molecule has 0 radical (unpaired) electrons. The fourth-order valence-corrected chi connectivity index (χ4v) is 4.84. The van der Waals surface area contributed by atoms with Crippen LogP contribution < -0.4 is 4.74 Å². The largest absolute Gasteiger partial charge is 0.508 e.